The van der Waals surface area contributed by atoms with Gasteiger partial charge < -0.3 is 25.7 Å². The van der Waals surface area contributed by atoms with Crippen LogP contribution in [0.15, 0.2) is 54.7 Å². The average Bonchev–Trinajstić information content (AvgIpc) is 3.26. The van der Waals surface area contributed by atoms with Crippen LogP contribution in [0.1, 0.15) is 49.0 Å². The van der Waals surface area contributed by atoms with Crippen molar-refractivity contribution in [3.8, 4) is 5.75 Å². The minimum absolute atomic E-state index is 0. The van der Waals surface area contributed by atoms with Crippen molar-refractivity contribution in [3.05, 3.63) is 65.9 Å². The number of carbonyl (C=O) groups excluding carboxylic acids is 3. The number of nitrogens with one attached hydrogen (secondary N) is 2. The second-order valence-electron chi connectivity index (χ2n) is 10.5. The van der Waals surface area contributed by atoms with Gasteiger partial charge in [0.1, 0.15) is 17.4 Å². The smallest absolute Gasteiger partial charge is 0.245 e. The summed E-state index contributed by atoms with van der Waals surface area (Å²) in [4.78, 5) is 44.2. The van der Waals surface area contributed by atoms with Crippen molar-refractivity contribution >= 4 is 40.9 Å². The molecule has 2 amide bonds. The summed E-state index contributed by atoms with van der Waals surface area (Å²) >= 11 is 0. The SMILES string of the molecule is CC(C)(N)C(=O)N[C@H](Cc1c[nH]c2ccccc12)C(=O)N1CCC2(CC1)CC(=O)c1ccccc1O2.Cl. The zero-order valence-electron chi connectivity index (χ0n) is 21.1. The summed E-state index contributed by atoms with van der Waals surface area (Å²) in [5, 5.41) is 3.91. The molecule has 0 saturated carbocycles. The molecule has 196 valence electrons. The van der Waals surface area contributed by atoms with Crippen LogP contribution in [-0.4, -0.2) is 57.8 Å². The van der Waals surface area contributed by atoms with Gasteiger partial charge in [-0.15, -0.1) is 12.4 Å². The number of piperidine rings is 1. The minimum atomic E-state index is -1.12. The van der Waals surface area contributed by atoms with E-state index in [9.17, 15) is 14.4 Å². The van der Waals surface area contributed by atoms with Crippen LogP contribution in [0.2, 0.25) is 0 Å². The third-order valence-corrected chi connectivity index (χ3v) is 7.27. The summed E-state index contributed by atoms with van der Waals surface area (Å²) in [7, 11) is 0. The maximum absolute atomic E-state index is 13.7. The predicted molar refractivity (Wildman–Crippen MR) is 144 cm³/mol. The van der Waals surface area contributed by atoms with Gasteiger partial charge in [-0.05, 0) is 37.6 Å². The molecule has 3 heterocycles. The Morgan fingerprint density at radius 2 is 1.81 bits per heavy atom. The van der Waals surface area contributed by atoms with Gasteiger partial charge >= 0.3 is 0 Å². The Morgan fingerprint density at radius 1 is 1.14 bits per heavy atom. The summed E-state index contributed by atoms with van der Waals surface area (Å²) < 4.78 is 6.31. The Morgan fingerprint density at radius 3 is 2.54 bits per heavy atom. The number of ketones is 1. The normalized spacial score (nSPS) is 17.5. The summed E-state index contributed by atoms with van der Waals surface area (Å²) in [6.45, 7) is 4.13. The molecule has 1 spiro atoms. The number of hydrogen-bond acceptors (Lipinski definition) is 5. The zero-order valence-corrected chi connectivity index (χ0v) is 21.9. The Hall–Kier alpha value is -3.36. The lowest BCUT2D eigenvalue weighted by molar-refractivity contribution is -0.140. The second kappa shape index (κ2) is 10.2. The number of fused-ring (bicyclic) bond motifs is 2. The fourth-order valence-corrected chi connectivity index (χ4v) is 5.14. The lowest BCUT2D eigenvalue weighted by Gasteiger charge is -2.44. The Bertz CT molecular complexity index is 1320. The van der Waals surface area contributed by atoms with Crippen molar-refractivity contribution in [1.29, 1.82) is 0 Å². The van der Waals surface area contributed by atoms with Crippen LogP contribution in [0.4, 0.5) is 0 Å². The molecular formula is C28H33ClN4O4. The number of amides is 2. The summed E-state index contributed by atoms with van der Waals surface area (Å²) in [6.07, 6.45) is 3.64. The van der Waals surface area contributed by atoms with Crippen molar-refractivity contribution in [2.75, 3.05) is 13.1 Å². The van der Waals surface area contributed by atoms with Gasteiger partial charge in [-0.1, -0.05) is 30.3 Å². The number of H-pyrrole nitrogens is 1. The molecule has 1 atom stereocenters. The monoisotopic (exact) mass is 524 g/mol. The van der Waals surface area contributed by atoms with Crippen molar-refractivity contribution in [3.63, 3.8) is 0 Å². The van der Waals surface area contributed by atoms with Gasteiger partial charge in [-0.25, -0.2) is 0 Å². The van der Waals surface area contributed by atoms with E-state index in [1.807, 2.05) is 48.7 Å². The fourth-order valence-electron chi connectivity index (χ4n) is 5.14. The number of aromatic amines is 1. The number of ether oxygens (including phenoxy) is 1. The molecule has 0 aliphatic carbocycles. The molecule has 1 fully saturated rings. The van der Waals surface area contributed by atoms with Gasteiger partial charge in [-0.2, -0.15) is 0 Å². The van der Waals surface area contributed by atoms with E-state index in [2.05, 4.69) is 10.3 Å². The third-order valence-electron chi connectivity index (χ3n) is 7.27. The number of carbonyl (C=O) groups is 3. The molecular weight excluding hydrogens is 492 g/mol. The predicted octanol–water partition coefficient (Wildman–Crippen LogP) is 3.38. The quantitative estimate of drug-likeness (QED) is 0.473. The van der Waals surface area contributed by atoms with Crippen molar-refractivity contribution in [1.82, 2.24) is 15.2 Å². The van der Waals surface area contributed by atoms with E-state index in [0.717, 1.165) is 16.5 Å². The number of halogens is 1. The van der Waals surface area contributed by atoms with Gasteiger partial charge in [0.15, 0.2) is 5.78 Å². The molecule has 5 rings (SSSR count). The van der Waals surface area contributed by atoms with Crippen LogP contribution in [0.3, 0.4) is 0 Å². The van der Waals surface area contributed by atoms with Crippen LogP contribution < -0.4 is 15.8 Å². The van der Waals surface area contributed by atoms with E-state index >= 15 is 0 Å². The topological polar surface area (TPSA) is 118 Å². The number of hydrogen-bond donors (Lipinski definition) is 3. The Labute approximate surface area is 222 Å². The molecule has 37 heavy (non-hydrogen) atoms. The number of para-hydroxylation sites is 2. The van der Waals surface area contributed by atoms with Gasteiger partial charge in [-0.3, -0.25) is 14.4 Å². The molecule has 2 aliphatic rings. The van der Waals surface area contributed by atoms with E-state index in [-0.39, 0.29) is 30.0 Å². The first-order chi connectivity index (χ1) is 17.2. The highest BCUT2D eigenvalue weighted by Crippen LogP contribution is 2.39. The molecule has 0 unspecified atom stereocenters. The summed E-state index contributed by atoms with van der Waals surface area (Å²) in [5.41, 5.74) is 6.85. The highest BCUT2D eigenvalue weighted by Gasteiger charge is 2.44. The van der Waals surface area contributed by atoms with Crippen LogP contribution >= 0.6 is 12.4 Å². The first kappa shape index (κ1) is 26.7. The molecule has 2 aromatic carbocycles. The molecule has 9 heteroatoms. The highest BCUT2D eigenvalue weighted by atomic mass is 35.5. The molecule has 0 radical (unpaired) electrons. The number of nitrogens with two attached hydrogens (primary N) is 1. The Balaban J connectivity index is 0.00000320. The Kier molecular flexibility index (Phi) is 7.35. The van der Waals surface area contributed by atoms with Gasteiger partial charge in [0.25, 0.3) is 0 Å². The van der Waals surface area contributed by atoms with Gasteiger partial charge in [0, 0.05) is 49.5 Å². The molecule has 2 aliphatic heterocycles. The molecule has 0 bridgehead atoms. The number of likely N-dealkylation sites (tertiary alicyclic amines) is 1. The number of nitrogens with zero attached hydrogens (tertiary/aromatic N) is 1. The maximum Gasteiger partial charge on any atom is 0.245 e. The summed E-state index contributed by atoms with van der Waals surface area (Å²) in [5.74, 6) is 0.150. The van der Waals surface area contributed by atoms with Crippen molar-refractivity contribution in [2.24, 2.45) is 5.73 Å². The fraction of sp³-hybridized carbons (Fsp3) is 0.393. The van der Waals surface area contributed by atoms with Crippen molar-refractivity contribution in [2.45, 2.75) is 56.7 Å². The first-order valence-electron chi connectivity index (χ1n) is 12.4. The standard InChI is InChI=1S/C28H32N4O4.ClH/c1-27(2,29)26(35)31-22(15-18-17-30-21-9-5-3-7-19(18)21)25(34)32-13-11-28(12-14-32)16-23(33)20-8-4-6-10-24(20)36-28;/h3-10,17,22,30H,11-16,29H2,1-2H3,(H,31,35);1H/t22-;/m1./s1. The third kappa shape index (κ3) is 5.36. The van der Waals surface area contributed by atoms with E-state index in [1.165, 1.54) is 0 Å². The van der Waals surface area contributed by atoms with Gasteiger partial charge in [0.2, 0.25) is 11.8 Å². The van der Waals surface area contributed by atoms with Crippen LogP contribution in [-0.2, 0) is 16.0 Å². The number of rotatable bonds is 5. The number of aromatic nitrogens is 1. The van der Waals surface area contributed by atoms with Gasteiger partial charge in [0.05, 0.1) is 17.5 Å². The van der Waals surface area contributed by atoms with Crippen LogP contribution in [0.25, 0.3) is 10.9 Å². The van der Waals surface area contributed by atoms with E-state index < -0.39 is 17.2 Å². The lowest BCUT2D eigenvalue weighted by Crippen LogP contribution is -2.59. The lowest BCUT2D eigenvalue weighted by atomic mass is 9.82. The molecule has 8 nitrogen and oxygen atoms in total. The molecule has 3 aromatic rings. The summed E-state index contributed by atoms with van der Waals surface area (Å²) in [6, 6.07) is 14.4. The van der Waals surface area contributed by atoms with E-state index in [4.69, 9.17) is 10.5 Å². The molecule has 1 saturated heterocycles. The average molecular weight is 525 g/mol. The molecule has 1 aromatic heterocycles. The second-order valence-corrected chi connectivity index (χ2v) is 10.5. The van der Waals surface area contributed by atoms with Crippen LogP contribution in [0.5, 0.6) is 5.75 Å². The number of benzene rings is 2. The molecule has 4 N–H and O–H groups in total. The zero-order chi connectivity index (χ0) is 25.5. The number of Topliss-reactive ketones (excluding diaryl/α,β-unsaturated/α-hetero) is 1. The van der Waals surface area contributed by atoms with E-state index in [0.29, 0.717) is 50.1 Å². The minimum Gasteiger partial charge on any atom is -0.486 e. The largest absolute Gasteiger partial charge is 0.486 e. The first-order valence-corrected chi connectivity index (χ1v) is 12.4. The van der Waals surface area contributed by atoms with Crippen molar-refractivity contribution < 1.29 is 19.1 Å². The van der Waals surface area contributed by atoms with E-state index in [1.54, 1.807) is 24.8 Å². The van der Waals surface area contributed by atoms with Crippen LogP contribution in [0, 0.1) is 0 Å². The highest BCUT2D eigenvalue weighted by molar-refractivity contribution is 6.00. The maximum atomic E-state index is 13.7.